The Labute approximate surface area is 131 Å². The third-order valence-corrected chi connectivity index (χ3v) is 3.76. The predicted molar refractivity (Wildman–Crippen MR) is 82.4 cm³/mol. The fourth-order valence-corrected chi connectivity index (χ4v) is 2.56. The van der Waals surface area contributed by atoms with E-state index in [1.165, 1.54) is 24.3 Å². The summed E-state index contributed by atoms with van der Waals surface area (Å²) in [6, 6.07) is 11.6. The number of hydrogen-bond donors (Lipinski definition) is 1. The highest BCUT2D eigenvalue weighted by atomic mass is 35.5. The smallest absolute Gasteiger partial charge is 0.256 e. The topological polar surface area (TPSA) is 49.4 Å². The van der Waals surface area contributed by atoms with E-state index in [4.69, 9.17) is 11.6 Å². The van der Waals surface area contributed by atoms with Crippen LogP contribution in [0.2, 0.25) is 5.02 Å². The highest BCUT2D eigenvalue weighted by molar-refractivity contribution is 6.33. The van der Waals surface area contributed by atoms with Gasteiger partial charge in [0.25, 0.3) is 5.91 Å². The Kier molecular flexibility index (Phi) is 3.81. The molecule has 0 spiro atoms. The Morgan fingerprint density at radius 2 is 1.77 bits per heavy atom. The van der Waals surface area contributed by atoms with Gasteiger partial charge in [0.05, 0.1) is 22.8 Å². The molecule has 112 valence electrons. The number of imide groups is 1. The minimum atomic E-state index is -0.683. The number of para-hydroxylation sites is 1. The summed E-state index contributed by atoms with van der Waals surface area (Å²) in [6.45, 7) is 0. The Morgan fingerprint density at radius 3 is 2.45 bits per heavy atom. The second-order valence-electron chi connectivity index (χ2n) is 4.92. The van der Waals surface area contributed by atoms with Gasteiger partial charge < -0.3 is 5.32 Å². The molecule has 0 bridgehead atoms. The van der Waals surface area contributed by atoms with E-state index in [-0.39, 0.29) is 18.2 Å². The van der Waals surface area contributed by atoms with E-state index in [0.29, 0.717) is 16.4 Å². The fourth-order valence-electron chi connectivity index (χ4n) is 2.37. The molecule has 2 aromatic carbocycles. The van der Waals surface area contributed by atoms with Gasteiger partial charge in [0.2, 0.25) is 5.91 Å². The molecule has 1 atom stereocenters. The van der Waals surface area contributed by atoms with Gasteiger partial charge in [-0.25, -0.2) is 9.29 Å². The van der Waals surface area contributed by atoms with Crippen molar-refractivity contribution in [2.24, 2.45) is 0 Å². The minimum Gasteiger partial charge on any atom is -0.372 e. The number of benzene rings is 2. The van der Waals surface area contributed by atoms with Crippen molar-refractivity contribution in [3.8, 4) is 0 Å². The van der Waals surface area contributed by atoms with Crippen molar-refractivity contribution < 1.29 is 14.0 Å². The molecule has 1 aliphatic rings. The molecule has 1 heterocycles. The highest BCUT2D eigenvalue weighted by Gasteiger charge is 2.39. The molecule has 0 aliphatic carbocycles. The maximum atomic E-state index is 13.0. The number of halogens is 2. The quantitative estimate of drug-likeness (QED) is 0.884. The third-order valence-electron chi connectivity index (χ3n) is 3.44. The molecule has 2 aromatic rings. The van der Waals surface area contributed by atoms with Crippen LogP contribution in [-0.4, -0.2) is 17.9 Å². The molecule has 0 radical (unpaired) electrons. The molecule has 3 rings (SSSR count). The number of anilines is 2. The first-order chi connectivity index (χ1) is 10.6. The fraction of sp³-hybridized carbons (Fsp3) is 0.125. The molecule has 1 N–H and O–H groups in total. The normalized spacial score (nSPS) is 17.9. The van der Waals surface area contributed by atoms with Crippen molar-refractivity contribution in [1.29, 1.82) is 0 Å². The average Bonchev–Trinajstić information content (AvgIpc) is 2.77. The van der Waals surface area contributed by atoms with Crippen LogP contribution < -0.4 is 10.2 Å². The SMILES string of the molecule is O=C1C[C@H](Nc2ccccc2Cl)C(=O)N1c1ccc(F)cc1. The van der Waals surface area contributed by atoms with Gasteiger partial charge >= 0.3 is 0 Å². The molecular formula is C16H12ClFN2O2. The molecule has 4 nitrogen and oxygen atoms in total. The van der Waals surface area contributed by atoms with E-state index in [2.05, 4.69) is 5.32 Å². The van der Waals surface area contributed by atoms with Crippen LogP contribution in [0.25, 0.3) is 0 Å². The predicted octanol–water partition coefficient (Wildman–Crippen LogP) is 3.22. The summed E-state index contributed by atoms with van der Waals surface area (Å²) in [4.78, 5) is 25.6. The van der Waals surface area contributed by atoms with Crippen LogP contribution >= 0.6 is 11.6 Å². The van der Waals surface area contributed by atoms with Gasteiger partial charge in [-0.15, -0.1) is 0 Å². The Balaban J connectivity index is 1.82. The summed E-state index contributed by atoms with van der Waals surface area (Å²) in [7, 11) is 0. The summed E-state index contributed by atoms with van der Waals surface area (Å²) in [5.74, 6) is -1.13. The lowest BCUT2D eigenvalue weighted by Crippen LogP contribution is -2.34. The van der Waals surface area contributed by atoms with Gasteiger partial charge in [-0.3, -0.25) is 9.59 Å². The molecule has 22 heavy (non-hydrogen) atoms. The zero-order valence-corrected chi connectivity index (χ0v) is 12.2. The highest BCUT2D eigenvalue weighted by Crippen LogP contribution is 2.27. The molecule has 0 aromatic heterocycles. The maximum Gasteiger partial charge on any atom is 0.256 e. The van der Waals surface area contributed by atoms with Crippen LogP contribution in [0.5, 0.6) is 0 Å². The first-order valence-electron chi connectivity index (χ1n) is 6.69. The summed E-state index contributed by atoms with van der Waals surface area (Å²) in [5, 5.41) is 3.46. The molecule has 1 fully saturated rings. The van der Waals surface area contributed by atoms with Crippen molar-refractivity contribution in [2.45, 2.75) is 12.5 Å². The second kappa shape index (κ2) is 5.77. The number of hydrogen-bond acceptors (Lipinski definition) is 3. The van der Waals surface area contributed by atoms with Crippen LogP contribution in [0.15, 0.2) is 48.5 Å². The Morgan fingerprint density at radius 1 is 1.09 bits per heavy atom. The number of carbonyl (C=O) groups is 2. The van der Waals surface area contributed by atoms with Gasteiger partial charge in [0.1, 0.15) is 11.9 Å². The number of carbonyl (C=O) groups excluding carboxylic acids is 2. The van der Waals surface area contributed by atoms with Gasteiger partial charge in [0.15, 0.2) is 0 Å². The van der Waals surface area contributed by atoms with E-state index in [0.717, 1.165) is 4.90 Å². The minimum absolute atomic E-state index is 0.0292. The molecule has 0 unspecified atom stereocenters. The molecule has 2 amide bonds. The maximum absolute atomic E-state index is 13.0. The van der Waals surface area contributed by atoms with Crippen molar-refractivity contribution >= 4 is 34.8 Å². The average molecular weight is 319 g/mol. The lowest BCUT2D eigenvalue weighted by atomic mass is 10.2. The van der Waals surface area contributed by atoms with E-state index < -0.39 is 11.9 Å². The molecule has 6 heteroatoms. The molecule has 0 saturated carbocycles. The van der Waals surface area contributed by atoms with E-state index >= 15 is 0 Å². The summed E-state index contributed by atoms with van der Waals surface area (Å²) < 4.78 is 13.0. The van der Waals surface area contributed by atoms with E-state index in [9.17, 15) is 14.0 Å². The number of amides is 2. The van der Waals surface area contributed by atoms with Crippen molar-refractivity contribution in [1.82, 2.24) is 0 Å². The van der Waals surface area contributed by atoms with Crippen molar-refractivity contribution in [3.63, 3.8) is 0 Å². The Hall–Kier alpha value is -2.40. The summed E-state index contributed by atoms with van der Waals surface area (Å²) in [5.41, 5.74) is 0.955. The van der Waals surface area contributed by atoms with E-state index in [1.807, 2.05) is 0 Å². The van der Waals surface area contributed by atoms with Crippen LogP contribution in [0.3, 0.4) is 0 Å². The number of rotatable bonds is 3. The number of nitrogens with one attached hydrogen (secondary N) is 1. The van der Waals surface area contributed by atoms with Gasteiger partial charge in [-0.05, 0) is 36.4 Å². The molecule has 1 aliphatic heterocycles. The molecule has 1 saturated heterocycles. The largest absolute Gasteiger partial charge is 0.372 e. The lowest BCUT2D eigenvalue weighted by molar-refractivity contribution is -0.121. The summed E-state index contributed by atoms with van der Waals surface area (Å²) in [6.07, 6.45) is 0.0292. The van der Waals surface area contributed by atoms with Crippen LogP contribution in [0.1, 0.15) is 6.42 Å². The van der Waals surface area contributed by atoms with Crippen LogP contribution in [0, 0.1) is 5.82 Å². The van der Waals surface area contributed by atoms with Gasteiger partial charge in [-0.1, -0.05) is 23.7 Å². The standard InChI is InChI=1S/C16H12ClFN2O2/c17-12-3-1-2-4-13(12)19-14-9-15(21)20(16(14)22)11-7-5-10(18)6-8-11/h1-8,14,19H,9H2/t14-/m0/s1. The monoisotopic (exact) mass is 318 g/mol. The molecular weight excluding hydrogens is 307 g/mol. The van der Waals surface area contributed by atoms with Crippen LogP contribution in [0.4, 0.5) is 15.8 Å². The van der Waals surface area contributed by atoms with Gasteiger partial charge in [0, 0.05) is 0 Å². The van der Waals surface area contributed by atoms with E-state index in [1.54, 1.807) is 24.3 Å². The zero-order chi connectivity index (χ0) is 15.7. The first kappa shape index (κ1) is 14.5. The number of nitrogens with zero attached hydrogens (tertiary/aromatic N) is 1. The van der Waals surface area contributed by atoms with Crippen LogP contribution in [-0.2, 0) is 9.59 Å². The summed E-state index contributed by atoms with van der Waals surface area (Å²) >= 11 is 6.04. The zero-order valence-electron chi connectivity index (χ0n) is 11.4. The van der Waals surface area contributed by atoms with Crippen molar-refractivity contribution in [2.75, 3.05) is 10.2 Å². The second-order valence-corrected chi connectivity index (χ2v) is 5.33. The van der Waals surface area contributed by atoms with Gasteiger partial charge in [-0.2, -0.15) is 0 Å². The third kappa shape index (κ3) is 2.67. The first-order valence-corrected chi connectivity index (χ1v) is 7.07. The van der Waals surface area contributed by atoms with Crippen molar-refractivity contribution in [3.05, 3.63) is 59.4 Å². The lowest BCUT2D eigenvalue weighted by Gasteiger charge is -2.16. The Bertz CT molecular complexity index is 733.